The molecule has 2 saturated heterocycles. The summed E-state index contributed by atoms with van der Waals surface area (Å²) < 4.78 is 12.8. The van der Waals surface area contributed by atoms with Crippen molar-refractivity contribution in [3.05, 3.63) is 28.8 Å². The molecule has 1 aromatic rings. The number of terminal acetylenes is 1. The number of ether oxygens (including phenoxy) is 2. The number of piperidine rings is 2. The van der Waals surface area contributed by atoms with Gasteiger partial charge in [0.1, 0.15) is 18.0 Å². The van der Waals surface area contributed by atoms with E-state index >= 15 is 0 Å². The van der Waals surface area contributed by atoms with Crippen molar-refractivity contribution >= 4 is 11.9 Å². The van der Waals surface area contributed by atoms with E-state index in [-0.39, 0.29) is 40.7 Å². The molecule has 7 heteroatoms. The molecule has 0 radical (unpaired) electrons. The summed E-state index contributed by atoms with van der Waals surface area (Å²) in [6.45, 7) is 29.5. The van der Waals surface area contributed by atoms with Gasteiger partial charge in [0.15, 0.2) is 5.41 Å². The van der Waals surface area contributed by atoms with E-state index in [0.717, 1.165) is 16.7 Å². The van der Waals surface area contributed by atoms with Crippen molar-refractivity contribution in [2.75, 3.05) is 14.1 Å². The van der Waals surface area contributed by atoms with Gasteiger partial charge in [-0.25, -0.2) is 0 Å². The van der Waals surface area contributed by atoms with Crippen LogP contribution >= 0.6 is 0 Å². The molecule has 0 unspecified atom stereocenters. The topological polar surface area (TPSA) is 79.3 Å². The predicted molar refractivity (Wildman–Crippen MR) is 195 cm³/mol. The molecule has 0 aromatic heterocycles. The van der Waals surface area contributed by atoms with E-state index in [2.05, 4.69) is 85.2 Å². The molecule has 2 aliphatic heterocycles. The highest BCUT2D eigenvalue weighted by Gasteiger charge is 2.54. The second kappa shape index (κ2) is 13.0. The first-order valence-corrected chi connectivity index (χ1v) is 17.7. The van der Waals surface area contributed by atoms with Gasteiger partial charge in [-0.3, -0.25) is 19.4 Å². The van der Waals surface area contributed by atoms with Gasteiger partial charge in [0.05, 0.1) is 0 Å². The number of carbonyl (C=O) groups excluding carboxylic acids is 2. The Kier molecular flexibility index (Phi) is 10.8. The summed E-state index contributed by atoms with van der Waals surface area (Å²) in [7, 11) is 4.21. The van der Waals surface area contributed by atoms with Crippen LogP contribution in [0.25, 0.3) is 0 Å². The van der Waals surface area contributed by atoms with Gasteiger partial charge in [-0.15, -0.1) is 12.3 Å². The maximum absolute atomic E-state index is 14.8. The monoisotopic (exact) mass is 666 g/mol. The third-order valence-electron chi connectivity index (χ3n) is 11.6. The Morgan fingerprint density at radius 1 is 0.750 bits per heavy atom. The Labute approximate surface area is 292 Å². The molecule has 1 N–H and O–H groups in total. The smallest absolute Gasteiger partial charge is 0.325 e. The highest BCUT2D eigenvalue weighted by Crippen LogP contribution is 2.45. The number of rotatable bonds is 7. The van der Waals surface area contributed by atoms with E-state index in [1.807, 2.05) is 53.7 Å². The van der Waals surface area contributed by atoms with Gasteiger partial charge in [-0.1, -0.05) is 53.7 Å². The molecule has 0 atom stereocenters. The Bertz CT molecular complexity index is 1290. The number of likely N-dealkylation sites (tertiary alicyclic amines) is 2. The van der Waals surface area contributed by atoms with Gasteiger partial charge >= 0.3 is 11.9 Å². The summed E-state index contributed by atoms with van der Waals surface area (Å²) in [6.07, 6.45) is 7.55. The van der Waals surface area contributed by atoms with Crippen LogP contribution in [0.3, 0.4) is 0 Å². The van der Waals surface area contributed by atoms with Crippen LogP contribution in [0.2, 0.25) is 0 Å². The van der Waals surface area contributed by atoms with Crippen LogP contribution in [-0.4, -0.2) is 75.3 Å². The molecule has 0 saturated carbocycles. The fraction of sp³-hybridized carbons (Fsp3) is 0.756. The SMILES string of the molecule is C#CCC(Cc1cc(C(C)(C)C)c(O)c(C(C)(C)C)c1)(C(=O)OC1CC(C)(C)N(C)C(C)(C)C1)C(=O)OC1CC(C)(C)N(C)C(C)(C)C1. The van der Waals surface area contributed by atoms with Crippen molar-refractivity contribution < 1.29 is 24.2 Å². The third-order valence-corrected chi connectivity index (χ3v) is 11.6. The molecule has 0 aliphatic carbocycles. The molecule has 2 fully saturated rings. The maximum atomic E-state index is 14.8. The zero-order valence-corrected chi connectivity index (χ0v) is 33.1. The summed E-state index contributed by atoms with van der Waals surface area (Å²) in [4.78, 5) is 34.2. The predicted octanol–water partition coefficient (Wildman–Crippen LogP) is 7.93. The minimum atomic E-state index is -1.77. The number of esters is 2. The van der Waals surface area contributed by atoms with Gasteiger partial charge in [0.2, 0.25) is 0 Å². The highest BCUT2D eigenvalue weighted by atomic mass is 16.6. The molecule has 2 heterocycles. The number of phenols is 1. The lowest BCUT2D eigenvalue weighted by molar-refractivity contribution is -0.187. The minimum Gasteiger partial charge on any atom is -0.507 e. The summed E-state index contributed by atoms with van der Waals surface area (Å²) >= 11 is 0. The highest BCUT2D eigenvalue weighted by molar-refractivity contribution is 6.01. The molecule has 0 bridgehead atoms. The Hall–Kier alpha value is -2.56. The first-order valence-electron chi connectivity index (χ1n) is 17.7. The maximum Gasteiger partial charge on any atom is 0.325 e. The molecule has 48 heavy (non-hydrogen) atoms. The van der Waals surface area contributed by atoms with Crippen molar-refractivity contribution in [1.29, 1.82) is 0 Å². The molecule has 7 nitrogen and oxygen atoms in total. The molecule has 270 valence electrons. The van der Waals surface area contributed by atoms with Crippen molar-refractivity contribution in [3.8, 4) is 18.1 Å². The van der Waals surface area contributed by atoms with Gasteiger partial charge in [-0.05, 0) is 97.0 Å². The average Bonchev–Trinajstić information content (AvgIpc) is 2.88. The van der Waals surface area contributed by atoms with Crippen LogP contribution in [-0.2, 0) is 36.3 Å². The van der Waals surface area contributed by atoms with E-state index in [1.54, 1.807) is 0 Å². The van der Waals surface area contributed by atoms with E-state index in [9.17, 15) is 14.7 Å². The van der Waals surface area contributed by atoms with Crippen molar-refractivity contribution in [2.45, 2.75) is 181 Å². The van der Waals surface area contributed by atoms with Crippen LogP contribution < -0.4 is 0 Å². The fourth-order valence-corrected chi connectivity index (χ4v) is 8.15. The van der Waals surface area contributed by atoms with Gasteiger partial charge < -0.3 is 14.6 Å². The molecular weight excluding hydrogens is 600 g/mol. The van der Waals surface area contributed by atoms with E-state index in [0.29, 0.717) is 25.7 Å². The fourth-order valence-electron chi connectivity index (χ4n) is 8.15. The van der Waals surface area contributed by atoms with Crippen LogP contribution in [0.5, 0.6) is 5.75 Å². The lowest BCUT2D eigenvalue weighted by Crippen LogP contribution is -2.61. The third kappa shape index (κ3) is 8.07. The number of nitrogens with zero attached hydrogens (tertiary/aromatic N) is 2. The van der Waals surface area contributed by atoms with Crippen molar-refractivity contribution in [2.24, 2.45) is 5.41 Å². The molecule has 3 rings (SSSR count). The summed E-state index contributed by atoms with van der Waals surface area (Å²) in [5.74, 6) is 1.64. The molecule has 2 aliphatic rings. The second-order valence-corrected chi connectivity index (χ2v) is 19.4. The number of hydrogen-bond acceptors (Lipinski definition) is 7. The molecule has 1 aromatic carbocycles. The van der Waals surface area contributed by atoms with Crippen LogP contribution in [0.4, 0.5) is 0 Å². The molecular formula is C41H66N2O5. The second-order valence-electron chi connectivity index (χ2n) is 19.4. The van der Waals surface area contributed by atoms with E-state index in [1.165, 1.54) is 0 Å². The molecule has 0 amide bonds. The Balaban J connectivity index is 2.18. The van der Waals surface area contributed by atoms with E-state index < -0.39 is 40.4 Å². The normalized spacial score (nSPS) is 22.1. The first kappa shape index (κ1) is 39.9. The summed E-state index contributed by atoms with van der Waals surface area (Å²) in [5, 5.41) is 11.5. The standard InChI is InChI=1S/C41H66N2O5/c1-18-19-41(33(45)47-28-23-37(8,9)42(16)38(10,11)24-28,34(46)48-29-25-39(12,13)43(17)40(14,15)26-29)22-27-20-30(35(2,3)4)32(44)31(21-27)36(5,6)7/h1,20-21,28-29,44H,19,22-26H2,2-17H3. The zero-order chi connectivity index (χ0) is 37.1. The number of hydrogen-bond donors (Lipinski definition) is 1. The largest absolute Gasteiger partial charge is 0.507 e. The Morgan fingerprint density at radius 3 is 1.33 bits per heavy atom. The van der Waals surface area contributed by atoms with Crippen LogP contribution in [0, 0.1) is 17.8 Å². The lowest BCUT2D eigenvalue weighted by atomic mass is 9.73. The quantitative estimate of drug-likeness (QED) is 0.180. The number of aromatic hydroxyl groups is 1. The van der Waals surface area contributed by atoms with Gasteiger partial charge in [0.25, 0.3) is 0 Å². The first-order chi connectivity index (χ1) is 21.5. The van der Waals surface area contributed by atoms with Gasteiger partial charge in [-0.2, -0.15) is 0 Å². The van der Waals surface area contributed by atoms with Crippen LogP contribution in [0.15, 0.2) is 12.1 Å². The molecule has 0 spiro atoms. The minimum absolute atomic E-state index is 0.000123. The number of phenolic OH excluding ortho intramolecular Hbond substituents is 1. The van der Waals surface area contributed by atoms with E-state index in [4.69, 9.17) is 15.9 Å². The average molecular weight is 667 g/mol. The van der Waals surface area contributed by atoms with Crippen LogP contribution in [0.1, 0.15) is 146 Å². The van der Waals surface area contributed by atoms with Crippen molar-refractivity contribution in [3.63, 3.8) is 0 Å². The van der Waals surface area contributed by atoms with Gasteiger partial charge in [0, 0.05) is 60.7 Å². The lowest BCUT2D eigenvalue weighted by Gasteiger charge is -2.53. The summed E-state index contributed by atoms with van der Waals surface area (Å²) in [5.41, 5.74) is -1.25. The Morgan fingerprint density at radius 2 is 1.06 bits per heavy atom. The van der Waals surface area contributed by atoms with Crippen molar-refractivity contribution in [1.82, 2.24) is 9.80 Å². The number of carbonyl (C=O) groups is 2. The zero-order valence-electron chi connectivity index (χ0n) is 33.1. The summed E-state index contributed by atoms with van der Waals surface area (Å²) in [6, 6.07) is 3.83. The number of benzene rings is 1.